The summed E-state index contributed by atoms with van der Waals surface area (Å²) >= 11 is 0. The van der Waals surface area contributed by atoms with Crippen LogP contribution in [0.2, 0.25) is 0 Å². The number of carbonyl (C=O) groups excluding carboxylic acids is 1. The molecule has 3 aromatic rings. The zero-order chi connectivity index (χ0) is 24.4. The van der Waals surface area contributed by atoms with E-state index in [0.717, 1.165) is 44.8 Å². The van der Waals surface area contributed by atoms with Gasteiger partial charge in [0.05, 0.1) is 0 Å². The number of aryl methyl sites for hydroxylation is 1. The molecule has 0 radical (unpaired) electrons. The molecule has 5 rings (SSSR count). The molecule has 0 spiro atoms. The number of aromatic nitrogens is 1. The Morgan fingerprint density at radius 3 is 2.54 bits per heavy atom. The van der Waals surface area contributed by atoms with Gasteiger partial charge in [0.1, 0.15) is 0 Å². The van der Waals surface area contributed by atoms with Crippen molar-refractivity contribution in [1.29, 1.82) is 0 Å². The number of piperidine rings is 2. The highest BCUT2D eigenvalue weighted by molar-refractivity contribution is 5.91. The summed E-state index contributed by atoms with van der Waals surface area (Å²) in [6, 6.07) is 11.5. The van der Waals surface area contributed by atoms with Crippen molar-refractivity contribution in [3.05, 3.63) is 77.0 Å². The van der Waals surface area contributed by atoms with Gasteiger partial charge in [-0.25, -0.2) is 13.8 Å². The molecule has 1 aromatic heterocycles. The second-order valence-electron chi connectivity index (χ2n) is 9.75. The molecule has 0 aliphatic carbocycles. The first-order chi connectivity index (χ1) is 17.0. The van der Waals surface area contributed by atoms with Crippen LogP contribution in [0.1, 0.15) is 48.3 Å². The second-order valence-corrected chi connectivity index (χ2v) is 9.75. The Hall–Kier alpha value is -3.03. The maximum Gasteiger partial charge on any atom is 0.246 e. The van der Waals surface area contributed by atoms with Crippen molar-refractivity contribution in [3.63, 3.8) is 0 Å². The van der Waals surface area contributed by atoms with Crippen LogP contribution in [0.5, 0.6) is 0 Å². The number of para-hydroxylation sites is 1. The molecule has 0 atom stereocenters. The lowest BCUT2D eigenvalue weighted by Crippen LogP contribution is -2.52. The van der Waals surface area contributed by atoms with Gasteiger partial charge >= 0.3 is 0 Å². The quantitative estimate of drug-likeness (QED) is 0.499. The zero-order valence-electron chi connectivity index (χ0n) is 20.1. The Morgan fingerprint density at radius 2 is 1.80 bits per heavy atom. The lowest BCUT2D eigenvalue weighted by Gasteiger charge is -2.38. The van der Waals surface area contributed by atoms with Crippen LogP contribution in [0, 0.1) is 18.6 Å². The summed E-state index contributed by atoms with van der Waals surface area (Å²) in [5.41, 5.74) is 7.04. The van der Waals surface area contributed by atoms with Crippen LogP contribution < -0.4 is 5.43 Å². The first-order valence-corrected chi connectivity index (χ1v) is 12.5. The van der Waals surface area contributed by atoms with Gasteiger partial charge < -0.3 is 9.88 Å². The summed E-state index contributed by atoms with van der Waals surface area (Å²) in [6.45, 7) is 4.91. The number of rotatable bonds is 5. The summed E-state index contributed by atoms with van der Waals surface area (Å²) in [6.07, 6.45) is 9.22. The predicted octanol–water partition coefficient (Wildman–Crippen LogP) is 5.14. The molecule has 184 valence electrons. The van der Waals surface area contributed by atoms with Crippen LogP contribution >= 0.6 is 0 Å². The Morgan fingerprint density at radius 1 is 1.06 bits per heavy atom. The molecule has 5 nitrogen and oxygen atoms in total. The zero-order valence-corrected chi connectivity index (χ0v) is 20.1. The summed E-state index contributed by atoms with van der Waals surface area (Å²) in [4.78, 5) is 17.8. The second kappa shape index (κ2) is 10.3. The summed E-state index contributed by atoms with van der Waals surface area (Å²) in [7, 11) is 0. The van der Waals surface area contributed by atoms with E-state index in [-0.39, 0.29) is 11.5 Å². The van der Waals surface area contributed by atoms with Gasteiger partial charge in [-0.1, -0.05) is 18.2 Å². The predicted molar refractivity (Wildman–Crippen MR) is 135 cm³/mol. The maximum atomic E-state index is 13.6. The fraction of sp³-hybridized carbons (Fsp3) is 0.393. The SMILES string of the molecule is Cc1cc(/C=C/C(=O)N2CCC(NN3CCC(c4c[nH]c5ccccc45)CC3)CC2)cc(F)c1F. The highest BCUT2D eigenvalue weighted by atomic mass is 19.2. The third-order valence-electron chi connectivity index (χ3n) is 7.38. The molecular weight excluding hydrogens is 446 g/mol. The number of benzene rings is 2. The molecule has 2 aliphatic rings. The van der Waals surface area contributed by atoms with Crippen molar-refractivity contribution in [2.45, 2.75) is 44.6 Å². The average molecular weight is 479 g/mol. The van der Waals surface area contributed by atoms with Gasteiger partial charge in [0, 0.05) is 55.4 Å². The van der Waals surface area contributed by atoms with Gasteiger partial charge in [0.25, 0.3) is 0 Å². The fourth-order valence-electron chi connectivity index (χ4n) is 5.36. The van der Waals surface area contributed by atoms with E-state index in [1.807, 2.05) is 4.90 Å². The van der Waals surface area contributed by atoms with Crippen molar-refractivity contribution >= 4 is 22.9 Å². The van der Waals surface area contributed by atoms with Crippen LogP contribution in [0.3, 0.4) is 0 Å². The third kappa shape index (κ3) is 5.31. The normalized spacial score (nSPS) is 18.7. The molecule has 0 unspecified atom stereocenters. The molecule has 2 fully saturated rings. The Bertz CT molecular complexity index is 1200. The van der Waals surface area contributed by atoms with Gasteiger partial charge in [-0.05, 0) is 79.5 Å². The van der Waals surface area contributed by atoms with E-state index in [1.54, 1.807) is 12.1 Å². The van der Waals surface area contributed by atoms with Crippen molar-refractivity contribution in [2.75, 3.05) is 26.2 Å². The van der Waals surface area contributed by atoms with E-state index in [9.17, 15) is 13.6 Å². The van der Waals surface area contributed by atoms with Crippen molar-refractivity contribution < 1.29 is 13.6 Å². The number of fused-ring (bicyclic) bond motifs is 1. The molecule has 35 heavy (non-hydrogen) atoms. The average Bonchev–Trinajstić information content (AvgIpc) is 3.31. The van der Waals surface area contributed by atoms with E-state index in [4.69, 9.17) is 0 Å². The Kier molecular flexibility index (Phi) is 6.97. The largest absolute Gasteiger partial charge is 0.361 e. The van der Waals surface area contributed by atoms with E-state index < -0.39 is 11.6 Å². The third-order valence-corrected chi connectivity index (χ3v) is 7.38. The monoisotopic (exact) mass is 478 g/mol. The molecule has 1 amide bonds. The number of nitrogens with one attached hydrogen (secondary N) is 2. The number of amides is 1. The number of hydrogen-bond acceptors (Lipinski definition) is 3. The van der Waals surface area contributed by atoms with E-state index in [1.165, 1.54) is 29.5 Å². The minimum absolute atomic E-state index is 0.0922. The highest BCUT2D eigenvalue weighted by Gasteiger charge is 2.26. The number of aromatic amines is 1. The lowest BCUT2D eigenvalue weighted by atomic mass is 9.89. The molecule has 0 bridgehead atoms. The standard InChI is InChI=1S/C28H32F2N4O/c1-19-16-20(17-25(29)28(19)30)6-7-27(35)33-12-10-22(11-13-33)32-34-14-8-21(9-15-34)24-18-31-26-5-3-2-4-23(24)26/h2-7,16-18,21-22,31-32H,8-15H2,1H3/b7-6+. The summed E-state index contributed by atoms with van der Waals surface area (Å²) in [5, 5.41) is 3.68. The number of hydrazine groups is 1. The Labute approximate surface area is 204 Å². The maximum absolute atomic E-state index is 13.6. The number of likely N-dealkylation sites (tertiary alicyclic amines) is 1. The number of hydrogen-bond donors (Lipinski definition) is 2. The number of carbonyl (C=O) groups is 1. The molecule has 2 aliphatic heterocycles. The van der Waals surface area contributed by atoms with Crippen LogP contribution in [0.25, 0.3) is 17.0 Å². The fourth-order valence-corrected chi connectivity index (χ4v) is 5.36. The topological polar surface area (TPSA) is 51.4 Å². The lowest BCUT2D eigenvalue weighted by molar-refractivity contribution is -0.127. The number of halogens is 2. The first kappa shape index (κ1) is 23.7. The van der Waals surface area contributed by atoms with Crippen LogP contribution in [-0.4, -0.2) is 53.0 Å². The first-order valence-electron chi connectivity index (χ1n) is 12.5. The van der Waals surface area contributed by atoms with Gasteiger partial charge in [0.2, 0.25) is 5.91 Å². The molecule has 2 saturated heterocycles. The molecule has 2 N–H and O–H groups in total. The van der Waals surface area contributed by atoms with Gasteiger partial charge in [-0.3, -0.25) is 10.2 Å². The molecule has 7 heteroatoms. The van der Waals surface area contributed by atoms with Crippen LogP contribution in [0.15, 0.2) is 48.7 Å². The van der Waals surface area contributed by atoms with Crippen molar-refractivity contribution in [3.8, 4) is 0 Å². The highest BCUT2D eigenvalue weighted by Crippen LogP contribution is 2.32. The molecular formula is C28H32F2N4O. The van der Waals surface area contributed by atoms with E-state index in [2.05, 4.69) is 45.9 Å². The number of nitrogens with zero attached hydrogens (tertiary/aromatic N) is 2. The smallest absolute Gasteiger partial charge is 0.246 e. The molecule has 3 heterocycles. The van der Waals surface area contributed by atoms with E-state index in [0.29, 0.717) is 30.6 Å². The minimum Gasteiger partial charge on any atom is -0.361 e. The summed E-state index contributed by atoms with van der Waals surface area (Å²) < 4.78 is 27.1. The van der Waals surface area contributed by atoms with E-state index >= 15 is 0 Å². The van der Waals surface area contributed by atoms with Crippen LogP contribution in [-0.2, 0) is 4.79 Å². The molecule has 0 saturated carbocycles. The number of H-pyrrole nitrogens is 1. The van der Waals surface area contributed by atoms with Crippen molar-refractivity contribution in [1.82, 2.24) is 20.3 Å². The van der Waals surface area contributed by atoms with Crippen molar-refractivity contribution in [2.24, 2.45) is 0 Å². The summed E-state index contributed by atoms with van der Waals surface area (Å²) in [5.74, 6) is -1.25. The van der Waals surface area contributed by atoms with Crippen LogP contribution in [0.4, 0.5) is 8.78 Å². The van der Waals surface area contributed by atoms with Gasteiger partial charge in [0.15, 0.2) is 11.6 Å². The molecule has 2 aromatic carbocycles. The van der Waals surface area contributed by atoms with Gasteiger partial charge in [-0.15, -0.1) is 0 Å². The van der Waals surface area contributed by atoms with Gasteiger partial charge in [-0.2, -0.15) is 0 Å². The minimum atomic E-state index is -0.894. The Balaban J connectivity index is 1.08.